The zero-order chi connectivity index (χ0) is 9.40. The van der Waals surface area contributed by atoms with Crippen LogP contribution in [0.25, 0.3) is 0 Å². The topological polar surface area (TPSA) is 35.5 Å². The lowest BCUT2D eigenvalue weighted by atomic mass is 10.3. The maximum Gasteiger partial charge on any atom is 0.333 e. The Balaban J connectivity index is 3.20. The smallest absolute Gasteiger partial charge is 0.333 e. The van der Waals surface area contributed by atoms with Crippen LogP contribution in [0.1, 0.15) is 19.8 Å². The van der Waals surface area contributed by atoms with E-state index >= 15 is 0 Å². The van der Waals surface area contributed by atoms with Crippen molar-refractivity contribution in [3.05, 3.63) is 12.2 Å². The number of ether oxygens (including phenoxy) is 1. The second-order valence-corrected chi connectivity index (χ2v) is 3.19. The fourth-order valence-corrected chi connectivity index (χ4v) is 0.925. The maximum absolute atomic E-state index is 10.8. The number of rotatable bonds is 6. The van der Waals surface area contributed by atoms with Gasteiger partial charge in [0, 0.05) is 12.2 Å². The van der Waals surface area contributed by atoms with Gasteiger partial charge in [0.2, 0.25) is 0 Å². The van der Waals surface area contributed by atoms with Crippen LogP contribution in [0.4, 0.5) is 0 Å². The van der Waals surface area contributed by atoms with Crippen LogP contribution in [-0.4, -0.2) is 29.7 Å². The number of carbonyl (C=O) groups is 1. The molecular formula is C8H16O3Si. The van der Waals surface area contributed by atoms with Gasteiger partial charge in [-0.1, -0.05) is 6.58 Å². The number of carbonyl (C=O) groups excluding carboxylic acids is 1. The van der Waals surface area contributed by atoms with E-state index in [1.165, 1.54) is 0 Å². The summed E-state index contributed by atoms with van der Waals surface area (Å²) in [4.78, 5) is 10.8. The van der Waals surface area contributed by atoms with Gasteiger partial charge in [0.05, 0.1) is 6.61 Å². The highest BCUT2D eigenvalue weighted by atomic mass is 28.2. The molecule has 0 aromatic carbocycles. The number of hydrogen-bond donors (Lipinski definition) is 0. The first-order valence-electron chi connectivity index (χ1n) is 4.00. The molecule has 0 atom stereocenters. The third-order valence-corrected chi connectivity index (χ3v) is 1.73. The lowest BCUT2D eigenvalue weighted by Crippen LogP contribution is -2.06. The molecule has 0 aromatic heterocycles. The fourth-order valence-electron chi connectivity index (χ4n) is 0.637. The summed E-state index contributed by atoms with van der Waals surface area (Å²) in [6, 6.07) is 0. The van der Waals surface area contributed by atoms with E-state index in [2.05, 4.69) is 6.58 Å². The highest BCUT2D eigenvalue weighted by Crippen LogP contribution is 1.95. The van der Waals surface area contributed by atoms with Crippen molar-refractivity contribution in [2.24, 2.45) is 0 Å². The van der Waals surface area contributed by atoms with Crippen molar-refractivity contribution >= 4 is 16.5 Å². The van der Waals surface area contributed by atoms with Gasteiger partial charge in [-0.25, -0.2) is 4.79 Å². The van der Waals surface area contributed by atoms with Crippen LogP contribution >= 0.6 is 0 Å². The lowest BCUT2D eigenvalue weighted by Gasteiger charge is -2.03. The number of hydrogen-bond acceptors (Lipinski definition) is 3. The molecule has 0 bridgehead atoms. The Kier molecular flexibility index (Phi) is 6.70. The summed E-state index contributed by atoms with van der Waals surface area (Å²) in [5, 5.41) is 0. The molecule has 0 N–H and O–H groups in total. The first kappa shape index (κ1) is 11.4. The van der Waals surface area contributed by atoms with Crippen molar-refractivity contribution in [1.29, 1.82) is 0 Å². The number of esters is 1. The maximum atomic E-state index is 10.8. The van der Waals surface area contributed by atoms with Gasteiger partial charge in [-0.3, -0.25) is 0 Å². The van der Waals surface area contributed by atoms with E-state index in [1.54, 1.807) is 6.92 Å². The molecule has 0 aromatic rings. The average molecular weight is 188 g/mol. The minimum atomic E-state index is -0.304. The molecule has 0 saturated carbocycles. The number of unbranched alkanes of at least 4 members (excludes halogenated alkanes) is 1. The predicted octanol–water partition coefficient (Wildman–Crippen LogP) is 0.183. The Morgan fingerprint density at radius 2 is 2.00 bits per heavy atom. The van der Waals surface area contributed by atoms with Crippen LogP contribution in [0.5, 0.6) is 0 Å². The average Bonchev–Trinajstić information content (AvgIpc) is 2.03. The summed E-state index contributed by atoms with van der Waals surface area (Å²) in [5.41, 5.74) is 0.453. The van der Waals surface area contributed by atoms with Crippen molar-refractivity contribution in [1.82, 2.24) is 0 Å². The van der Waals surface area contributed by atoms with E-state index in [9.17, 15) is 4.79 Å². The molecule has 0 heterocycles. The quantitative estimate of drug-likeness (QED) is 0.258. The summed E-state index contributed by atoms with van der Waals surface area (Å²) >= 11 is 0. The Labute approximate surface area is 76.3 Å². The summed E-state index contributed by atoms with van der Waals surface area (Å²) in [7, 11) is 0.779. The monoisotopic (exact) mass is 188 g/mol. The predicted molar refractivity (Wildman–Crippen MR) is 50.9 cm³/mol. The summed E-state index contributed by atoms with van der Waals surface area (Å²) in [6.07, 6.45) is 1.81. The molecule has 0 fully saturated rings. The third kappa shape index (κ3) is 6.12. The molecule has 4 heteroatoms. The molecule has 0 aliphatic rings. The Morgan fingerprint density at radius 3 is 2.50 bits per heavy atom. The highest BCUT2D eigenvalue weighted by molar-refractivity contribution is 5.97. The summed E-state index contributed by atoms with van der Waals surface area (Å²) in [6.45, 7) is 6.36. The minimum absolute atomic E-state index is 0.304. The van der Waals surface area contributed by atoms with Crippen molar-refractivity contribution < 1.29 is 14.0 Å². The minimum Gasteiger partial charge on any atom is -0.462 e. The molecule has 70 valence electrons. The van der Waals surface area contributed by atoms with Gasteiger partial charge >= 0.3 is 5.97 Å². The third-order valence-electron chi connectivity index (χ3n) is 1.32. The van der Waals surface area contributed by atoms with Crippen molar-refractivity contribution in [2.75, 3.05) is 13.2 Å². The molecule has 0 unspecified atom stereocenters. The van der Waals surface area contributed by atoms with E-state index in [0.29, 0.717) is 12.2 Å². The van der Waals surface area contributed by atoms with E-state index in [4.69, 9.17) is 9.16 Å². The molecule has 0 aliphatic heterocycles. The van der Waals surface area contributed by atoms with Crippen LogP contribution in [0, 0.1) is 0 Å². The molecule has 12 heavy (non-hydrogen) atoms. The largest absolute Gasteiger partial charge is 0.462 e. The first-order chi connectivity index (χ1) is 5.68. The standard InChI is InChI=1S/C8H16O3Si/c1-7(2)8(9)10-5-3-4-6-11-12/h1,3-6H2,2,12H3. The van der Waals surface area contributed by atoms with Crippen molar-refractivity contribution in [3.63, 3.8) is 0 Å². The van der Waals surface area contributed by atoms with Crippen molar-refractivity contribution in [3.8, 4) is 0 Å². The zero-order valence-electron chi connectivity index (χ0n) is 7.76. The Bertz CT molecular complexity index is 156. The lowest BCUT2D eigenvalue weighted by molar-refractivity contribution is -0.139. The molecule has 0 radical (unpaired) electrons. The molecule has 0 saturated heterocycles. The SMILES string of the molecule is C=C(C)C(=O)OCCCCO[SiH3]. The van der Waals surface area contributed by atoms with E-state index in [0.717, 1.165) is 29.9 Å². The molecule has 0 amide bonds. The van der Waals surface area contributed by atoms with Crippen LogP contribution in [-0.2, 0) is 14.0 Å². The van der Waals surface area contributed by atoms with E-state index in [-0.39, 0.29) is 5.97 Å². The van der Waals surface area contributed by atoms with Crippen molar-refractivity contribution in [2.45, 2.75) is 19.8 Å². The first-order valence-corrected chi connectivity index (χ1v) is 4.81. The van der Waals surface area contributed by atoms with Crippen LogP contribution in [0.3, 0.4) is 0 Å². The second kappa shape index (κ2) is 7.06. The normalized spacial score (nSPS) is 9.75. The van der Waals surface area contributed by atoms with Gasteiger partial charge in [-0.15, -0.1) is 0 Å². The molecule has 0 rings (SSSR count). The van der Waals surface area contributed by atoms with E-state index < -0.39 is 0 Å². The summed E-state index contributed by atoms with van der Waals surface area (Å²) in [5.74, 6) is -0.304. The zero-order valence-corrected chi connectivity index (χ0v) is 9.76. The van der Waals surface area contributed by atoms with Gasteiger partial charge < -0.3 is 9.16 Å². The van der Waals surface area contributed by atoms with Gasteiger partial charge in [-0.2, -0.15) is 0 Å². The van der Waals surface area contributed by atoms with E-state index in [1.807, 2.05) is 0 Å². The highest BCUT2D eigenvalue weighted by Gasteiger charge is 2.01. The molecule has 3 nitrogen and oxygen atoms in total. The van der Waals surface area contributed by atoms with Crippen LogP contribution < -0.4 is 0 Å². The van der Waals surface area contributed by atoms with Gasteiger partial charge in [0.15, 0.2) is 0 Å². The Hall–Kier alpha value is -0.613. The van der Waals surface area contributed by atoms with Gasteiger partial charge in [-0.05, 0) is 19.8 Å². The van der Waals surface area contributed by atoms with Crippen LogP contribution in [0.2, 0.25) is 0 Å². The summed E-state index contributed by atoms with van der Waals surface area (Å²) < 4.78 is 9.84. The van der Waals surface area contributed by atoms with Crippen LogP contribution in [0.15, 0.2) is 12.2 Å². The van der Waals surface area contributed by atoms with Gasteiger partial charge in [0.25, 0.3) is 0 Å². The molecule has 0 spiro atoms. The molecule has 0 aliphatic carbocycles. The fraction of sp³-hybridized carbons (Fsp3) is 0.625. The van der Waals surface area contributed by atoms with Gasteiger partial charge in [0.1, 0.15) is 10.5 Å². The second-order valence-electron chi connectivity index (χ2n) is 2.62. The Morgan fingerprint density at radius 1 is 1.42 bits per heavy atom. The molecular weight excluding hydrogens is 172 g/mol.